The van der Waals surface area contributed by atoms with Crippen molar-refractivity contribution in [2.24, 2.45) is 5.73 Å². The zero-order chi connectivity index (χ0) is 13.1. The van der Waals surface area contributed by atoms with E-state index < -0.39 is 0 Å². The van der Waals surface area contributed by atoms with Gasteiger partial charge in [-0.25, -0.2) is 0 Å². The van der Waals surface area contributed by atoms with E-state index in [0.717, 1.165) is 21.5 Å². The molecule has 0 bridgehead atoms. The zero-order valence-electron chi connectivity index (χ0n) is 10.4. The molecule has 1 aromatic heterocycles. The van der Waals surface area contributed by atoms with E-state index in [2.05, 4.69) is 15.9 Å². The Labute approximate surface area is 115 Å². The molecule has 2 aromatic rings. The van der Waals surface area contributed by atoms with E-state index in [4.69, 9.17) is 14.9 Å². The fraction of sp³-hybridized carbons (Fsp3) is 0.286. The van der Waals surface area contributed by atoms with Gasteiger partial charge in [-0.2, -0.15) is 0 Å². The molecular weight excluding hydrogens is 294 g/mol. The minimum absolute atomic E-state index is 0.154. The van der Waals surface area contributed by atoms with E-state index in [1.807, 2.05) is 44.2 Å². The topological polar surface area (TPSA) is 48.4 Å². The molecule has 3 nitrogen and oxygen atoms in total. The maximum Gasteiger partial charge on any atom is 0.171 e. The summed E-state index contributed by atoms with van der Waals surface area (Å²) in [5.74, 6) is 1.56. The van der Waals surface area contributed by atoms with Crippen LogP contribution in [0.1, 0.15) is 24.4 Å². The summed E-state index contributed by atoms with van der Waals surface area (Å²) in [5.41, 5.74) is 7.02. The SMILES string of the molecule is Cc1cc(Br)ccc1OC(c1ccco1)C(C)N. The summed E-state index contributed by atoms with van der Waals surface area (Å²) in [6.07, 6.45) is 1.35. The van der Waals surface area contributed by atoms with Crippen molar-refractivity contribution in [3.8, 4) is 5.75 Å². The van der Waals surface area contributed by atoms with E-state index in [1.54, 1.807) is 6.26 Å². The molecule has 18 heavy (non-hydrogen) atoms. The van der Waals surface area contributed by atoms with E-state index >= 15 is 0 Å². The maximum absolute atomic E-state index is 5.97. The fourth-order valence-corrected chi connectivity index (χ4v) is 2.24. The highest BCUT2D eigenvalue weighted by molar-refractivity contribution is 9.10. The molecule has 0 radical (unpaired) electrons. The van der Waals surface area contributed by atoms with Crippen LogP contribution in [-0.4, -0.2) is 6.04 Å². The molecule has 0 aliphatic rings. The molecule has 0 aliphatic carbocycles. The smallest absolute Gasteiger partial charge is 0.171 e. The number of hydrogen-bond acceptors (Lipinski definition) is 3. The van der Waals surface area contributed by atoms with Crippen LogP contribution < -0.4 is 10.5 Å². The average molecular weight is 310 g/mol. The van der Waals surface area contributed by atoms with Crippen LogP contribution in [0, 0.1) is 6.92 Å². The Bertz CT molecular complexity index is 509. The van der Waals surface area contributed by atoms with Crippen molar-refractivity contribution < 1.29 is 9.15 Å². The largest absolute Gasteiger partial charge is 0.481 e. The molecule has 2 N–H and O–H groups in total. The van der Waals surface area contributed by atoms with Gasteiger partial charge < -0.3 is 14.9 Å². The van der Waals surface area contributed by atoms with Crippen LogP contribution in [-0.2, 0) is 0 Å². The first kappa shape index (κ1) is 13.2. The Morgan fingerprint density at radius 3 is 2.67 bits per heavy atom. The number of ether oxygens (including phenoxy) is 1. The van der Waals surface area contributed by atoms with E-state index in [0.29, 0.717) is 0 Å². The zero-order valence-corrected chi connectivity index (χ0v) is 12.0. The van der Waals surface area contributed by atoms with Gasteiger partial charge in [-0.05, 0) is 49.7 Å². The summed E-state index contributed by atoms with van der Waals surface area (Å²) in [5, 5.41) is 0. The standard InChI is InChI=1S/C14H16BrNO2/c1-9-8-11(15)5-6-12(9)18-14(10(2)16)13-4-3-7-17-13/h3-8,10,14H,16H2,1-2H3. The summed E-state index contributed by atoms with van der Waals surface area (Å²) < 4.78 is 12.4. The third-order valence-corrected chi connectivity index (χ3v) is 3.19. The van der Waals surface area contributed by atoms with Crippen LogP contribution in [0.15, 0.2) is 45.5 Å². The van der Waals surface area contributed by atoms with Crippen molar-refractivity contribution in [1.82, 2.24) is 0 Å². The normalized spacial score (nSPS) is 14.2. The lowest BCUT2D eigenvalue weighted by Gasteiger charge is -2.21. The number of furan rings is 1. The first-order valence-electron chi connectivity index (χ1n) is 5.79. The molecule has 0 aliphatic heterocycles. The van der Waals surface area contributed by atoms with Crippen molar-refractivity contribution in [3.05, 3.63) is 52.4 Å². The molecule has 0 fully saturated rings. The molecule has 2 unspecified atom stereocenters. The Morgan fingerprint density at radius 2 is 2.11 bits per heavy atom. The lowest BCUT2D eigenvalue weighted by Crippen LogP contribution is -2.28. The van der Waals surface area contributed by atoms with Gasteiger partial charge >= 0.3 is 0 Å². The van der Waals surface area contributed by atoms with Gasteiger partial charge in [0.2, 0.25) is 0 Å². The van der Waals surface area contributed by atoms with Crippen molar-refractivity contribution in [2.75, 3.05) is 0 Å². The summed E-state index contributed by atoms with van der Waals surface area (Å²) in [6, 6.07) is 9.44. The molecule has 2 rings (SSSR count). The predicted molar refractivity (Wildman–Crippen MR) is 74.6 cm³/mol. The lowest BCUT2D eigenvalue weighted by molar-refractivity contribution is 0.152. The molecule has 1 aromatic carbocycles. The highest BCUT2D eigenvalue weighted by Gasteiger charge is 2.21. The highest BCUT2D eigenvalue weighted by Crippen LogP contribution is 2.28. The van der Waals surface area contributed by atoms with Crippen molar-refractivity contribution in [2.45, 2.75) is 26.0 Å². The maximum atomic E-state index is 5.97. The molecule has 96 valence electrons. The second kappa shape index (κ2) is 5.59. The van der Waals surface area contributed by atoms with Gasteiger partial charge in [0, 0.05) is 10.5 Å². The molecule has 1 heterocycles. The third-order valence-electron chi connectivity index (χ3n) is 2.69. The van der Waals surface area contributed by atoms with Crippen LogP contribution in [0.5, 0.6) is 5.75 Å². The third kappa shape index (κ3) is 2.94. The number of nitrogens with two attached hydrogens (primary N) is 1. The fourth-order valence-electron chi connectivity index (χ4n) is 1.76. The van der Waals surface area contributed by atoms with Crippen LogP contribution in [0.3, 0.4) is 0 Å². The lowest BCUT2D eigenvalue weighted by atomic mass is 10.1. The monoisotopic (exact) mass is 309 g/mol. The average Bonchev–Trinajstić information content (AvgIpc) is 2.80. The first-order valence-corrected chi connectivity index (χ1v) is 6.59. The molecule has 0 amide bonds. The number of benzene rings is 1. The number of rotatable bonds is 4. The van der Waals surface area contributed by atoms with Gasteiger partial charge in [-0.3, -0.25) is 0 Å². The van der Waals surface area contributed by atoms with Gasteiger partial charge in [0.25, 0.3) is 0 Å². The quantitative estimate of drug-likeness (QED) is 0.934. The molecule has 0 saturated carbocycles. The Hall–Kier alpha value is -1.26. The van der Waals surface area contributed by atoms with Gasteiger partial charge in [-0.1, -0.05) is 15.9 Å². The highest BCUT2D eigenvalue weighted by atomic mass is 79.9. The summed E-state index contributed by atoms with van der Waals surface area (Å²) in [6.45, 7) is 3.90. The van der Waals surface area contributed by atoms with E-state index in [-0.39, 0.29) is 12.1 Å². The first-order chi connectivity index (χ1) is 8.58. The number of hydrogen-bond donors (Lipinski definition) is 1. The molecule has 0 saturated heterocycles. The second-order valence-electron chi connectivity index (χ2n) is 4.32. The molecule has 0 spiro atoms. The predicted octanol–water partition coefficient (Wildman–Crippen LogP) is 3.82. The van der Waals surface area contributed by atoms with E-state index in [1.165, 1.54) is 0 Å². The van der Waals surface area contributed by atoms with Gasteiger partial charge in [0.1, 0.15) is 11.5 Å². The second-order valence-corrected chi connectivity index (χ2v) is 5.24. The summed E-state index contributed by atoms with van der Waals surface area (Å²) in [4.78, 5) is 0. The van der Waals surface area contributed by atoms with Crippen molar-refractivity contribution in [1.29, 1.82) is 0 Å². The van der Waals surface area contributed by atoms with Gasteiger partial charge in [0.15, 0.2) is 6.10 Å². The Kier molecular flexibility index (Phi) is 4.09. The summed E-state index contributed by atoms with van der Waals surface area (Å²) >= 11 is 3.43. The minimum Gasteiger partial charge on any atom is -0.481 e. The minimum atomic E-state index is -0.278. The Balaban J connectivity index is 2.24. The van der Waals surface area contributed by atoms with Crippen molar-refractivity contribution in [3.63, 3.8) is 0 Å². The van der Waals surface area contributed by atoms with Crippen LogP contribution >= 0.6 is 15.9 Å². The number of halogens is 1. The van der Waals surface area contributed by atoms with Crippen LogP contribution in [0.4, 0.5) is 0 Å². The Morgan fingerprint density at radius 1 is 1.33 bits per heavy atom. The van der Waals surface area contributed by atoms with Gasteiger partial charge in [0.05, 0.1) is 6.26 Å². The van der Waals surface area contributed by atoms with Gasteiger partial charge in [-0.15, -0.1) is 0 Å². The molecule has 4 heteroatoms. The van der Waals surface area contributed by atoms with E-state index in [9.17, 15) is 0 Å². The summed E-state index contributed by atoms with van der Waals surface area (Å²) in [7, 11) is 0. The molecular formula is C14H16BrNO2. The molecule has 2 atom stereocenters. The van der Waals surface area contributed by atoms with Crippen LogP contribution in [0.25, 0.3) is 0 Å². The van der Waals surface area contributed by atoms with Crippen molar-refractivity contribution >= 4 is 15.9 Å². The van der Waals surface area contributed by atoms with Crippen LogP contribution in [0.2, 0.25) is 0 Å². The number of aryl methyl sites for hydroxylation is 1.